The highest BCUT2D eigenvalue weighted by Gasteiger charge is 2.13. The highest BCUT2D eigenvalue weighted by atomic mass is 32.1. The van der Waals surface area contributed by atoms with E-state index in [-0.39, 0.29) is 0 Å². The van der Waals surface area contributed by atoms with E-state index >= 15 is 0 Å². The van der Waals surface area contributed by atoms with Gasteiger partial charge in [0.15, 0.2) is 0 Å². The van der Waals surface area contributed by atoms with Gasteiger partial charge in [0.2, 0.25) is 0 Å². The second-order valence-corrected chi connectivity index (χ2v) is 8.31. The van der Waals surface area contributed by atoms with Gasteiger partial charge in [0.05, 0.1) is 60.7 Å². The van der Waals surface area contributed by atoms with Crippen LogP contribution in [0.4, 0.5) is 0 Å². The molecular formula is C22H13N7S. The molecule has 5 aromatic heterocycles. The van der Waals surface area contributed by atoms with Crippen LogP contribution in [-0.4, -0.2) is 35.1 Å². The Kier molecular flexibility index (Phi) is 3.03. The van der Waals surface area contributed by atoms with Crippen molar-refractivity contribution in [2.24, 2.45) is 0 Å². The Morgan fingerprint density at radius 3 is 2.83 bits per heavy atom. The first-order valence-electron chi connectivity index (χ1n) is 9.47. The van der Waals surface area contributed by atoms with E-state index in [1.165, 1.54) is 0 Å². The van der Waals surface area contributed by atoms with Crippen LogP contribution in [0.3, 0.4) is 0 Å². The number of aromatic nitrogens is 7. The Labute approximate surface area is 172 Å². The molecule has 0 aliphatic carbocycles. The van der Waals surface area contributed by atoms with E-state index in [1.54, 1.807) is 11.3 Å². The van der Waals surface area contributed by atoms with Crippen molar-refractivity contribution in [2.75, 3.05) is 0 Å². The van der Waals surface area contributed by atoms with Gasteiger partial charge >= 0.3 is 0 Å². The molecule has 0 aromatic carbocycles. The third kappa shape index (κ3) is 2.25. The summed E-state index contributed by atoms with van der Waals surface area (Å²) in [4.78, 5) is 23.1. The topological polar surface area (TPSA) is 98.9 Å². The van der Waals surface area contributed by atoms with E-state index in [0.717, 1.165) is 64.7 Å². The van der Waals surface area contributed by atoms with Crippen LogP contribution in [0.2, 0.25) is 0 Å². The summed E-state index contributed by atoms with van der Waals surface area (Å²) in [5, 5.41) is 8.46. The fourth-order valence-electron chi connectivity index (χ4n) is 3.97. The van der Waals surface area contributed by atoms with Gasteiger partial charge in [-0.2, -0.15) is 0 Å². The van der Waals surface area contributed by atoms with Gasteiger partial charge in [0.25, 0.3) is 0 Å². The maximum atomic E-state index is 4.88. The van der Waals surface area contributed by atoms with Crippen molar-refractivity contribution in [3.63, 3.8) is 0 Å². The van der Waals surface area contributed by atoms with Crippen molar-refractivity contribution >= 4 is 64.7 Å². The third-order valence-corrected chi connectivity index (χ3v) is 6.39. The largest absolute Gasteiger partial charge is 0.346 e. The van der Waals surface area contributed by atoms with Crippen LogP contribution in [0.25, 0.3) is 64.7 Å². The van der Waals surface area contributed by atoms with Crippen LogP contribution < -0.4 is 0 Å². The molecule has 7 nitrogen and oxygen atoms in total. The fourth-order valence-corrected chi connectivity index (χ4v) is 4.91. The van der Waals surface area contributed by atoms with Gasteiger partial charge < -0.3 is 4.98 Å². The summed E-state index contributed by atoms with van der Waals surface area (Å²) in [7, 11) is 0. The predicted molar refractivity (Wildman–Crippen MR) is 120 cm³/mol. The Balaban J connectivity index is 1.75. The lowest BCUT2D eigenvalue weighted by Gasteiger charge is -1.98. The standard InChI is InChI=1S/C22H13N7S/c1-2-20-26-12-5-11(8-23-9-12)16-6-14-18(10-25-16)28-29-21(14)17-7-13-15(27-17)3-4-24-22(13)19(1)30-20/h1-10,26,28-29H. The average molecular weight is 407 g/mol. The molecule has 0 saturated heterocycles. The van der Waals surface area contributed by atoms with Gasteiger partial charge in [0.1, 0.15) is 0 Å². The number of hydrogen-bond donors (Lipinski definition) is 3. The van der Waals surface area contributed by atoms with Crippen LogP contribution in [0.15, 0.2) is 61.2 Å². The molecule has 0 amide bonds. The normalized spacial score (nSPS) is 12.0. The summed E-state index contributed by atoms with van der Waals surface area (Å²) in [5.74, 6) is 0. The van der Waals surface area contributed by atoms with Crippen LogP contribution in [0.1, 0.15) is 0 Å². The molecule has 0 spiro atoms. The lowest BCUT2D eigenvalue weighted by molar-refractivity contribution is 1.13. The molecule has 7 heterocycles. The Morgan fingerprint density at radius 1 is 0.833 bits per heavy atom. The minimum atomic E-state index is 0.855. The number of thiophene rings is 1. The van der Waals surface area contributed by atoms with Crippen molar-refractivity contribution < 1.29 is 0 Å². The summed E-state index contributed by atoms with van der Waals surface area (Å²) >= 11 is 1.66. The van der Waals surface area contributed by atoms with Gasteiger partial charge in [-0.05, 0) is 36.4 Å². The molecule has 8 heteroatoms. The lowest BCUT2D eigenvalue weighted by atomic mass is 10.1. The highest BCUT2D eigenvalue weighted by molar-refractivity contribution is 7.23. The van der Waals surface area contributed by atoms with Crippen molar-refractivity contribution in [3.8, 4) is 11.3 Å². The number of aromatic amines is 3. The number of pyridine rings is 3. The Hall–Kier alpha value is -4.04. The summed E-state index contributed by atoms with van der Waals surface area (Å²) in [6.07, 6.45) is 7.31. The zero-order chi connectivity index (χ0) is 19.7. The number of hydrogen-bond acceptors (Lipinski definition) is 5. The van der Waals surface area contributed by atoms with Crippen LogP contribution in [0, 0.1) is 0 Å². The smallest absolute Gasteiger partial charge is 0.0934 e. The van der Waals surface area contributed by atoms with Gasteiger partial charge in [-0.25, -0.2) is 4.98 Å². The summed E-state index contributed by atoms with van der Waals surface area (Å²) in [6.45, 7) is 0. The predicted octanol–water partition coefficient (Wildman–Crippen LogP) is 5.31. The molecule has 2 aliphatic rings. The highest BCUT2D eigenvalue weighted by Crippen LogP contribution is 2.32. The summed E-state index contributed by atoms with van der Waals surface area (Å²) in [6, 6.07) is 12.3. The quantitative estimate of drug-likeness (QED) is 0.317. The van der Waals surface area contributed by atoms with E-state index in [9.17, 15) is 0 Å². The molecule has 2 aliphatic heterocycles. The average Bonchev–Trinajstić information content (AvgIpc) is 3.50. The molecule has 0 fully saturated rings. The molecule has 30 heavy (non-hydrogen) atoms. The fraction of sp³-hybridized carbons (Fsp3) is 0. The minimum absolute atomic E-state index is 0.855. The second-order valence-electron chi connectivity index (χ2n) is 7.23. The van der Waals surface area contributed by atoms with Crippen molar-refractivity contribution in [1.82, 2.24) is 35.1 Å². The Morgan fingerprint density at radius 2 is 1.83 bits per heavy atom. The first-order chi connectivity index (χ1) is 14.8. The number of nitrogens with zero attached hydrogens (tertiary/aromatic N) is 4. The monoisotopic (exact) mass is 407 g/mol. The molecule has 7 rings (SSSR count). The zero-order valence-corrected chi connectivity index (χ0v) is 16.3. The molecule has 0 atom stereocenters. The van der Waals surface area contributed by atoms with Crippen LogP contribution >= 0.6 is 11.3 Å². The number of H-pyrrole nitrogens is 3. The number of nitrogens with one attached hydrogen (secondary N) is 3. The maximum Gasteiger partial charge on any atom is 0.0934 e. The molecule has 5 aromatic rings. The van der Waals surface area contributed by atoms with Crippen molar-refractivity contribution in [1.29, 1.82) is 0 Å². The second kappa shape index (κ2) is 5.74. The van der Waals surface area contributed by atoms with Gasteiger partial charge in [-0.3, -0.25) is 25.1 Å². The zero-order valence-electron chi connectivity index (χ0n) is 15.5. The number of rotatable bonds is 0. The molecule has 142 valence electrons. The molecule has 0 unspecified atom stereocenters. The molecule has 0 radical (unpaired) electrons. The summed E-state index contributed by atoms with van der Waals surface area (Å²) in [5.41, 5.74) is 7.40. The van der Waals surface area contributed by atoms with E-state index in [4.69, 9.17) is 4.98 Å². The van der Waals surface area contributed by atoms with Gasteiger partial charge in [0, 0.05) is 28.7 Å². The van der Waals surface area contributed by atoms with Gasteiger partial charge in [-0.1, -0.05) is 0 Å². The van der Waals surface area contributed by atoms with E-state index < -0.39 is 0 Å². The Bertz CT molecular complexity index is 1770. The third-order valence-electron chi connectivity index (χ3n) is 5.38. The lowest BCUT2D eigenvalue weighted by Crippen LogP contribution is -1.82. The van der Waals surface area contributed by atoms with Crippen molar-refractivity contribution in [2.45, 2.75) is 0 Å². The molecular weight excluding hydrogens is 394 g/mol. The van der Waals surface area contributed by atoms with E-state index in [1.807, 2.05) is 30.9 Å². The van der Waals surface area contributed by atoms with Gasteiger partial charge in [-0.15, -0.1) is 11.3 Å². The molecule has 0 saturated carbocycles. The van der Waals surface area contributed by atoms with Crippen molar-refractivity contribution in [3.05, 3.63) is 61.2 Å². The summed E-state index contributed by atoms with van der Waals surface area (Å²) < 4.78 is 1.09. The van der Waals surface area contributed by atoms with Crippen LogP contribution in [-0.2, 0) is 0 Å². The number of fused-ring (bicyclic) bond motifs is 9. The SMILES string of the molecule is c1cc2nc3cc2c(n1)c1ccc([nH]c2cncc(c2)c2cc4c(cn2)[nH][nH]c3-4)s1. The minimum Gasteiger partial charge on any atom is -0.346 e. The maximum absolute atomic E-state index is 4.88. The van der Waals surface area contributed by atoms with E-state index in [2.05, 4.69) is 60.5 Å². The molecule has 8 bridgehead atoms. The first-order valence-corrected chi connectivity index (χ1v) is 10.3. The van der Waals surface area contributed by atoms with E-state index in [0.29, 0.717) is 0 Å². The molecule has 3 N–H and O–H groups in total. The van der Waals surface area contributed by atoms with Crippen LogP contribution in [0.5, 0.6) is 0 Å². The first kappa shape index (κ1) is 15.8.